The third kappa shape index (κ3) is 3.29. The quantitative estimate of drug-likeness (QED) is 0.481. The molecule has 0 aliphatic carbocycles. The van der Waals surface area contributed by atoms with Crippen molar-refractivity contribution in [2.24, 2.45) is 10.3 Å². The Morgan fingerprint density at radius 2 is 2.31 bits per heavy atom. The van der Waals surface area contributed by atoms with Gasteiger partial charge in [-0.1, -0.05) is 18.5 Å². The summed E-state index contributed by atoms with van der Waals surface area (Å²) in [6.45, 7) is 2.03. The number of hydrogen-bond acceptors (Lipinski definition) is 5. The summed E-state index contributed by atoms with van der Waals surface area (Å²) in [6.07, 6.45) is 2.49. The van der Waals surface area contributed by atoms with Crippen LogP contribution in [0.4, 0.5) is 0 Å². The Bertz CT molecular complexity index is 477. The van der Waals surface area contributed by atoms with Crippen molar-refractivity contribution in [3.63, 3.8) is 0 Å². The van der Waals surface area contributed by atoms with Gasteiger partial charge in [-0.3, -0.25) is 0 Å². The molecule has 0 aliphatic heterocycles. The lowest BCUT2D eigenvalue weighted by Gasteiger charge is -1.99. The summed E-state index contributed by atoms with van der Waals surface area (Å²) in [5, 5.41) is 18.4. The molecule has 0 radical (unpaired) electrons. The normalized spacial score (nSPS) is 13.0. The minimum Gasteiger partial charge on any atom is -0.411 e. The van der Waals surface area contributed by atoms with Crippen molar-refractivity contribution in [2.75, 3.05) is 0 Å². The van der Waals surface area contributed by atoms with Crippen molar-refractivity contribution < 1.29 is 13.6 Å². The van der Waals surface area contributed by atoms with Gasteiger partial charge in [0, 0.05) is 5.38 Å². The first-order chi connectivity index (χ1) is 7.49. The van der Waals surface area contributed by atoms with Crippen molar-refractivity contribution >= 4 is 27.1 Å². The highest BCUT2D eigenvalue weighted by molar-refractivity contribution is 7.89. The highest BCUT2D eigenvalue weighted by atomic mass is 32.2. The van der Waals surface area contributed by atoms with Crippen LogP contribution in [0.1, 0.15) is 31.1 Å². The molecule has 3 N–H and O–H groups in total. The van der Waals surface area contributed by atoms with Crippen molar-refractivity contribution in [1.82, 2.24) is 0 Å². The van der Waals surface area contributed by atoms with E-state index in [1.807, 2.05) is 6.92 Å². The SMILES string of the molecule is CCCC/C(=N\O)c1cc(S(N)(=O)=O)cs1. The van der Waals surface area contributed by atoms with E-state index in [0.717, 1.165) is 12.8 Å². The smallest absolute Gasteiger partial charge is 0.238 e. The van der Waals surface area contributed by atoms with Gasteiger partial charge in [0.25, 0.3) is 0 Å². The summed E-state index contributed by atoms with van der Waals surface area (Å²) in [5.74, 6) is 0. The van der Waals surface area contributed by atoms with E-state index in [1.54, 1.807) is 0 Å². The van der Waals surface area contributed by atoms with Gasteiger partial charge in [-0.05, 0) is 18.9 Å². The van der Waals surface area contributed by atoms with Gasteiger partial charge in [0.05, 0.1) is 15.5 Å². The Labute approximate surface area is 98.6 Å². The number of oxime groups is 1. The lowest BCUT2D eigenvalue weighted by Crippen LogP contribution is -2.11. The number of nitrogens with two attached hydrogens (primary N) is 1. The molecule has 0 saturated carbocycles. The Morgan fingerprint density at radius 1 is 1.62 bits per heavy atom. The van der Waals surface area contributed by atoms with Gasteiger partial charge < -0.3 is 5.21 Å². The molecule has 90 valence electrons. The summed E-state index contributed by atoms with van der Waals surface area (Å²) in [7, 11) is -3.67. The molecule has 7 heteroatoms. The van der Waals surface area contributed by atoms with Crippen LogP contribution in [0.15, 0.2) is 21.5 Å². The average Bonchev–Trinajstić information content (AvgIpc) is 2.68. The van der Waals surface area contributed by atoms with Crippen LogP contribution < -0.4 is 5.14 Å². The Balaban J connectivity index is 2.92. The third-order valence-electron chi connectivity index (χ3n) is 2.08. The number of nitrogens with zero attached hydrogens (tertiary/aromatic N) is 1. The molecule has 0 unspecified atom stereocenters. The molecule has 0 aliphatic rings. The average molecular weight is 262 g/mol. The van der Waals surface area contributed by atoms with Crippen molar-refractivity contribution in [3.05, 3.63) is 16.3 Å². The largest absolute Gasteiger partial charge is 0.411 e. The number of unbranched alkanes of at least 4 members (excludes halogenated alkanes) is 1. The zero-order valence-electron chi connectivity index (χ0n) is 8.88. The van der Waals surface area contributed by atoms with E-state index >= 15 is 0 Å². The summed E-state index contributed by atoms with van der Waals surface area (Å²) in [4.78, 5) is 0.699. The van der Waals surface area contributed by atoms with E-state index in [2.05, 4.69) is 5.16 Å². The molecule has 0 aromatic carbocycles. The first-order valence-corrected chi connectivity index (χ1v) is 7.24. The van der Waals surface area contributed by atoms with Gasteiger partial charge in [0.15, 0.2) is 0 Å². The van der Waals surface area contributed by atoms with Gasteiger partial charge in [-0.15, -0.1) is 11.3 Å². The fourth-order valence-electron chi connectivity index (χ4n) is 1.19. The molecule has 0 fully saturated rings. The van der Waals surface area contributed by atoms with Crippen LogP contribution in [-0.4, -0.2) is 19.3 Å². The van der Waals surface area contributed by atoms with E-state index < -0.39 is 10.0 Å². The highest BCUT2D eigenvalue weighted by Gasteiger charge is 2.13. The second kappa shape index (κ2) is 5.42. The highest BCUT2D eigenvalue weighted by Crippen LogP contribution is 2.20. The predicted octanol–water partition coefficient (Wildman–Crippen LogP) is 1.76. The van der Waals surface area contributed by atoms with Crippen molar-refractivity contribution in [3.8, 4) is 0 Å². The van der Waals surface area contributed by atoms with Gasteiger partial charge in [-0.2, -0.15) is 0 Å². The summed E-state index contributed by atoms with van der Waals surface area (Å²) in [5.41, 5.74) is 0.502. The van der Waals surface area contributed by atoms with Gasteiger partial charge in [-0.25, -0.2) is 13.6 Å². The number of primary sulfonamides is 1. The van der Waals surface area contributed by atoms with E-state index in [4.69, 9.17) is 10.3 Å². The second-order valence-corrected chi connectivity index (χ2v) is 5.81. The van der Waals surface area contributed by atoms with E-state index in [0.29, 0.717) is 17.0 Å². The molecule has 1 aromatic heterocycles. The molecule has 1 aromatic rings. The van der Waals surface area contributed by atoms with Crippen LogP contribution in [0.3, 0.4) is 0 Å². The van der Waals surface area contributed by atoms with Crippen LogP contribution in [0.2, 0.25) is 0 Å². The lowest BCUT2D eigenvalue weighted by atomic mass is 10.1. The van der Waals surface area contributed by atoms with E-state index in [1.165, 1.54) is 22.8 Å². The number of hydrogen-bond donors (Lipinski definition) is 2. The maximum Gasteiger partial charge on any atom is 0.238 e. The molecule has 0 amide bonds. The summed E-state index contributed by atoms with van der Waals surface area (Å²) >= 11 is 1.21. The molecule has 0 spiro atoms. The number of sulfonamides is 1. The number of rotatable bonds is 5. The topological polar surface area (TPSA) is 92.8 Å². The molecule has 16 heavy (non-hydrogen) atoms. The second-order valence-electron chi connectivity index (χ2n) is 3.34. The Morgan fingerprint density at radius 3 is 2.75 bits per heavy atom. The molecular formula is C9H14N2O3S2. The van der Waals surface area contributed by atoms with Gasteiger partial charge in [0.2, 0.25) is 10.0 Å². The Hall–Kier alpha value is -0.920. The van der Waals surface area contributed by atoms with Gasteiger partial charge in [0.1, 0.15) is 0 Å². The zero-order chi connectivity index (χ0) is 12.2. The van der Waals surface area contributed by atoms with Crippen LogP contribution in [0, 0.1) is 0 Å². The minimum atomic E-state index is -3.67. The summed E-state index contributed by atoms with van der Waals surface area (Å²) in [6, 6.07) is 1.44. The summed E-state index contributed by atoms with van der Waals surface area (Å²) < 4.78 is 22.1. The van der Waals surface area contributed by atoms with Crippen LogP contribution >= 0.6 is 11.3 Å². The van der Waals surface area contributed by atoms with Crippen LogP contribution in [-0.2, 0) is 10.0 Å². The van der Waals surface area contributed by atoms with Crippen LogP contribution in [0.5, 0.6) is 0 Å². The molecular weight excluding hydrogens is 248 g/mol. The predicted molar refractivity (Wildman–Crippen MR) is 63.5 cm³/mol. The third-order valence-corrected chi connectivity index (χ3v) is 4.10. The first kappa shape index (κ1) is 13.1. The molecule has 0 atom stereocenters. The fraction of sp³-hybridized carbons (Fsp3) is 0.444. The fourth-order valence-corrected chi connectivity index (χ4v) is 3.01. The minimum absolute atomic E-state index is 0.0603. The Kier molecular flexibility index (Phi) is 4.45. The molecule has 5 nitrogen and oxygen atoms in total. The molecule has 1 heterocycles. The van der Waals surface area contributed by atoms with Gasteiger partial charge >= 0.3 is 0 Å². The standard InChI is InChI=1S/C9H14N2O3S2/c1-2-3-4-8(11-12)9-5-7(6-15-9)16(10,13)14/h5-6,12H,2-4H2,1H3,(H2,10,13,14)/b11-8+. The lowest BCUT2D eigenvalue weighted by molar-refractivity contribution is 0.318. The first-order valence-electron chi connectivity index (χ1n) is 4.81. The zero-order valence-corrected chi connectivity index (χ0v) is 10.5. The maximum absolute atomic E-state index is 11.1. The monoisotopic (exact) mass is 262 g/mol. The van der Waals surface area contributed by atoms with Crippen molar-refractivity contribution in [2.45, 2.75) is 31.1 Å². The van der Waals surface area contributed by atoms with Crippen LogP contribution in [0.25, 0.3) is 0 Å². The van der Waals surface area contributed by atoms with E-state index in [-0.39, 0.29) is 4.90 Å². The molecule has 0 saturated heterocycles. The molecule has 1 rings (SSSR count). The van der Waals surface area contributed by atoms with Crippen molar-refractivity contribution in [1.29, 1.82) is 0 Å². The maximum atomic E-state index is 11.1. The van der Waals surface area contributed by atoms with E-state index in [9.17, 15) is 8.42 Å². The molecule has 0 bridgehead atoms. The number of thiophene rings is 1.